The zero-order valence-corrected chi connectivity index (χ0v) is 13.1. The average molecular weight is 296 g/mol. The lowest BCUT2D eigenvalue weighted by atomic mass is 10.0. The Morgan fingerprint density at radius 3 is 2.57 bits per heavy atom. The van der Waals surface area contributed by atoms with E-state index in [1.807, 2.05) is 13.8 Å². The molecule has 2 N–H and O–H groups in total. The first-order valence-electron chi connectivity index (χ1n) is 7.35. The molecule has 0 aliphatic carbocycles. The number of nitrogens with zero attached hydrogens (tertiary/aromatic N) is 1. The monoisotopic (exact) mass is 296 g/mol. The van der Waals surface area contributed by atoms with Crippen LogP contribution in [0.3, 0.4) is 0 Å². The van der Waals surface area contributed by atoms with E-state index in [-0.39, 0.29) is 17.9 Å². The molecule has 2 atom stereocenters. The van der Waals surface area contributed by atoms with Crippen molar-refractivity contribution in [1.29, 1.82) is 0 Å². The van der Waals surface area contributed by atoms with Gasteiger partial charge in [0.15, 0.2) is 0 Å². The van der Waals surface area contributed by atoms with Crippen molar-refractivity contribution in [2.75, 3.05) is 0 Å². The molecule has 1 aromatic rings. The molecule has 1 amide bonds. The number of aryl methyl sites for hydroxylation is 2. The van der Waals surface area contributed by atoms with Crippen molar-refractivity contribution in [3.05, 3.63) is 17.0 Å². The van der Waals surface area contributed by atoms with Crippen molar-refractivity contribution < 1.29 is 19.2 Å². The summed E-state index contributed by atoms with van der Waals surface area (Å²) in [5.41, 5.74) is 1.18. The van der Waals surface area contributed by atoms with Crippen LogP contribution in [-0.4, -0.2) is 28.2 Å². The second-order valence-corrected chi connectivity index (χ2v) is 5.46. The van der Waals surface area contributed by atoms with Gasteiger partial charge in [-0.3, -0.25) is 9.59 Å². The summed E-state index contributed by atoms with van der Waals surface area (Å²) >= 11 is 0. The van der Waals surface area contributed by atoms with Gasteiger partial charge in [-0.2, -0.15) is 0 Å². The van der Waals surface area contributed by atoms with Crippen LogP contribution in [0.4, 0.5) is 0 Å². The van der Waals surface area contributed by atoms with Gasteiger partial charge in [-0.05, 0) is 33.1 Å². The van der Waals surface area contributed by atoms with Crippen molar-refractivity contribution in [3.63, 3.8) is 0 Å². The van der Waals surface area contributed by atoms with E-state index in [0.717, 1.165) is 12.8 Å². The summed E-state index contributed by atoms with van der Waals surface area (Å²) in [5.74, 6) is -0.778. The Morgan fingerprint density at radius 1 is 1.33 bits per heavy atom. The van der Waals surface area contributed by atoms with E-state index < -0.39 is 5.97 Å². The zero-order chi connectivity index (χ0) is 16.0. The van der Waals surface area contributed by atoms with E-state index >= 15 is 0 Å². The predicted octanol–water partition coefficient (Wildman–Crippen LogP) is 2.55. The SMILES string of the molecule is CCc1noc(C)c1C(=O)NC(C)CCCC(C)C(=O)O. The Hall–Kier alpha value is -1.85. The first-order chi connectivity index (χ1) is 9.86. The van der Waals surface area contributed by atoms with Crippen molar-refractivity contribution in [2.45, 2.75) is 59.4 Å². The molecule has 1 aromatic heterocycles. The molecule has 1 heterocycles. The molecule has 0 aliphatic heterocycles. The quantitative estimate of drug-likeness (QED) is 0.769. The van der Waals surface area contributed by atoms with Gasteiger partial charge in [0.1, 0.15) is 11.3 Å². The average Bonchev–Trinajstić information content (AvgIpc) is 2.79. The number of carboxylic acid groups (broad SMARTS) is 1. The number of amides is 1. The first kappa shape index (κ1) is 17.2. The number of hydrogen-bond donors (Lipinski definition) is 2. The van der Waals surface area contributed by atoms with Crippen LogP contribution in [0.2, 0.25) is 0 Å². The lowest BCUT2D eigenvalue weighted by Crippen LogP contribution is -2.33. The molecule has 2 unspecified atom stereocenters. The third-order valence-electron chi connectivity index (χ3n) is 3.57. The Balaban J connectivity index is 2.47. The zero-order valence-electron chi connectivity index (χ0n) is 13.1. The molecular formula is C15H24N2O4. The van der Waals surface area contributed by atoms with Crippen molar-refractivity contribution in [2.24, 2.45) is 5.92 Å². The molecule has 6 heteroatoms. The largest absolute Gasteiger partial charge is 0.481 e. The molecule has 118 valence electrons. The molecule has 0 fully saturated rings. The highest BCUT2D eigenvalue weighted by atomic mass is 16.5. The van der Waals surface area contributed by atoms with Crippen LogP contribution < -0.4 is 5.32 Å². The normalized spacial score (nSPS) is 13.7. The molecule has 0 aliphatic rings. The second-order valence-electron chi connectivity index (χ2n) is 5.46. The van der Waals surface area contributed by atoms with Gasteiger partial charge in [0.2, 0.25) is 0 Å². The van der Waals surface area contributed by atoms with Gasteiger partial charge in [-0.25, -0.2) is 0 Å². The molecule has 6 nitrogen and oxygen atoms in total. The molecule has 0 saturated heterocycles. The van der Waals surface area contributed by atoms with Gasteiger partial charge in [0.05, 0.1) is 11.6 Å². The van der Waals surface area contributed by atoms with E-state index in [1.165, 1.54) is 0 Å². The maximum atomic E-state index is 12.2. The summed E-state index contributed by atoms with van der Waals surface area (Å²) in [6.07, 6.45) is 2.76. The fraction of sp³-hybridized carbons (Fsp3) is 0.667. The highest BCUT2D eigenvalue weighted by Gasteiger charge is 2.20. The fourth-order valence-electron chi connectivity index (χ4n) is 2.17. The molecular weight excluding hydrogens is 272 g/mol. The van der Waals surface area contributed by atoms with Crippen molar-refractivity contribution >= 4 is 11.9 Å². The summed E-state index contributed by atoms with van der Waals surface area (Å²) in [6, 6.07) is -0.0162. The number of hydrogen-bond acceptors (Lipinski definition) is 4. The predicted molar refractivity (Wildman–Crippen MR) is 78.2 cm³/mol. The van der Waals surface area contributed by atoms with E-state index in [1.54, 1.807) is 13.8 Å². The fourth-order valence-corrected chi connectivity index (χ4v) is 2.17. The second kappa shape index (κ2) is 7.81. The molecule has 0 aromatic carbocycles. The number of carbonyl (C=O) groups excluding carboxylic acids is 1. The van der Waals surface area contributed by atoms with Gasteiger partial charge in [0, 0.05) is 6.04 Å². The lowest BCUT2D eigenvalue weighted by Gasteiger charge is -2.14. The van der Waals surface area contributed by atoms with Crippen LogP contribution in [0, 0.1) is 12.8 Å². The highest BCUT2D eigenvalue weighted by molar-refractivity contribution is 5.96. The highest BCUT2D eigenvalue weighted by Crippen LogP contribution is 2.15. The van der Waals surface area contributed by atoms with Gasteiger partial charge in [-0.1, -0.05) is 25.4 Å². The Morgan fingerprint density at radius 2 is 2.00 bits per heavy atom. The smallest absolute Gasteiger partial charge is 0.306 e. The van der Waals surface area contributed by atoms with Crippen molar-refractivity contribution in [3.8, 4) is 0 Å². The number of aliphatic carboxylic acids is 1. The van der Waals surface area contributed by atoms with E-state index in [0.29, 0.717) is 29.9 Å². The number of carbonyl (C=O) groups is 2. The van der Waals surface area contributed by atoms with Crippen LogP contribution >= 0.6 is 0 Å². The van der Waals surface area contributed by atoms with Gasteiger partial charge >= 0.3 is 5.97 Å². The van der Waals surface area contributed by atoms with Crippen LogP contribution in [0.15, 0.2) is 4.52 Å². The third-order valence-corrected chi connectivity index (χ3v) is 3.57. The molecule has 0 radical (unpaired) electrons. The number of carboxylic acids is 1. The van der Waals surface area contributed by atoms with Crippen molar-refractivity contribution in [1.82, 2.24) is 10.5 Å². The molecule has 0 spiro atoms. The minimum atomic E-state index is -0.778. The van der Waals surface area contributed by atoms with E-state index in [9.17, 15) is 9.59 Å². The molecule has 0 bridgehead atoms. The Bertz CT molecular complexity index is 496. The van der Waals surface area contributed by atoms with Crippen LogP contribution in [-0.2, 0) is 11.2 Å². The Kier molecular flexibility index (Phi) is 6.39. The molecule has 21 heavy (non-hydrogen) atoms. The van der Waals surface area contributed by atoms with Gasteiger partial charge in [-0.15, -0.1) is 0 Å². The van der Waals surface area contributed by atoms with Crippen LogP contribution in [0.1, 0.15) is 61.8 Å². The van der Waals surface area contributed by atoms with E-state index in [2.05, 4.69) is 10.5 Å². The van der Waals surface area contributed by atoms with Crippen LogP contribution in [0.25, 0.3) is 0 Å². The standard InChI is InChI=1S/C15H24N2O4/c1-5-12-13(11(4)21-17-12)14(18)16-10(3)8-6-7-9(2)15(19)20/h9-10H,5-8H2,1-4H3,(H,16,18)(H,19,20). The first-order valence-corrected chi connectivity index (χ1v) is 7.35. The summed E-state index contributed by atoms with van der Waals surface area (Å²) in [7, 11) is 0. The summed E-state index contributed by atoms with van der Waals surface area (Å²) in [4.78, 5) is 22.9. The minimum absolute atomic E-state index is 0.0162. The van der Waals surface area contributed by atoms with E-state index in [4.69, 9.17) is 9.63 Å². The molecule has 0 saturated carbocycles. The Labute approximate surface area is 124 Å². The summed E-state index contributed by atoms with van der Waals surface area (Å²) in [6.45, 7) is 7.25. The van der Waals surface area contributed by atoms with Crippen LogP contribution in [0.5, 0.6) is 0 Å². The maximum Gasteiger partial charge on any atom is 0.306 e. The van der Waals surface area contributed by atoms with Gasteiger partial charge in [0.25, 0.3) is 5.91 Å². The topological polar surface area (TPSA) is 92.4 Å². The third kappa shape index (κ3) is 4.88. The summed E-state index contributed by atoms with van der Waals surface area (Å²) in [5, 5.41) is 15.6. The minimum Gasteiger partial charge on any atom is -0.481 e. The lowest BCUT2D eigenvalue weighted by molar-refractivity contribution is -0.141. The summed E-state index contributed by atoms with van der Waals surface area (Å²) < 4.78 is 5.05. The molecule has 1 rings (SSSR count). The maximum absolute atomic E-state index is 12.2. The number of rotatable bonds is 8. The van der Waals surface area contributed by atoms with Gasteiger partial charge < -0.3 is 14.9 Å². The number of nitrogens with one attached hydrogen (secondary N) is 1. The number of aromatic nitrogens is 1.